The molecule has 0 bridgehead atoms. The van der Waals surface area contributed by atoms with Crippen molar-refractivity contribution in [1.82, 2.24) is 0 Å². The Bertz CT molecular complexity index is 2140. The van der Waals surface area contributed by atoms with E-state index in [1.807, 2.05) is 0 Å². The number of rotatable bonds is 3. The maximum absolute atomic E-state index is 2.40. The summed E-state index contributed by atoms with van der Waals surface area (Å²) < 4.78 is 2.97. The molecule has 7 aromatic carbocycles. The summed E-state index contributed by atoms with van der Waals surface area (Å²) in [5.74, 6) is 0. The van der Waals surface area contributed by atoms with Crippen molar-refractivity contribution in [2.75, 3.05) is 4.90 Å². The molecule has 0 aliphatic carbocycles. The van der Waals surface area contributed by atoms with E-state index >= 15 is 0 Å². The van der Waals surface area contributed by atoms with E-state index in [1.54, 1.807) is 0 Å². The number of para-hydroxylation sites is 1. The number of hydrogen-bond acceptors (Lipinski definition) is 1. The summed E-state index contributed by atoms with van der Waals surface area (Å²) in [6, 6.07) is 51.1. The molecule has 0 unspecified atom stereocenters. The molecule has 0 aliphatic heterocycles. The van der Waals surface area contributed by atoms with Gasteiger partial charge in [0.2, 0.25) is 0 Å². The van der Waals surface area contributed by atoms with Crippen LogP contribution in [0.5, 0.6) is 0 Å². The van der Waals surface area contributed by atoms with Crippen LogP contribution >= 0.6 is 0 Å². The van der Waals surface area contributed by atoms with Crippen molar-refractivity contribution in [3.63, 3.8) is 0 Å². The third-order valence-electron chi connectivity index (χ3n) is 7.61. The molecule has 0 radical (unpaired) electrons. The van der Waals surface area contributed by atoms with Gasteiger partial charge in [0.25, 0.3) is 0 Å². The van der Waals surface area contributed by atoms with Crippen LogP contribution in [0, 0.1) is 0 Å². The van der Waals surface area contributed by atoms with E-state index in [9.17, 15) is 0 Å². The van der Waals surface area contributed by atoms with Crippen LogP contribution in [0.4, 0.5) is 17.1 Å². The minimum absolute atomic E-state index is 0.309. The molecule has 1 aromatic heterocycles. The molecule has 0 saturated heterocycles. The number of fused-ring (bicyclic) bond motifs is 8. The zero-order valence-corrected chi connectivity index (χ0v) is 22.3. The van der Waals surface area contributed by atoms with Crippen molar-refractivity contribution < 1.29 is 0 Å². The van der Waals surface area contributed by atoms with Crippen molar-refractivity contribution in [1.29, 1.82) is 0 Å². The molecule has 2 heteroatoms. The molecule has 0 amide bonds. The van der Waals surface area contributed by atoms with Crippen LogP contribution in [0.15, 0.2) is 140 Å². The van der Waals surface area contributed by atoms with Gasteiger partial charge >= 0.3 is 228 Å². The number of benzene rings is 7. The van der Waals surface area contributed by atoms with E-state index < -0.39 is 0 Å². The van der Waals surface area contributed by atoms with E-state index in [-0.39, 0.29) is 0 Å². The molecule has 1 nitrogen and oxygen atoms in total. The van der Waals surface area contributed by atoms with Gasteiger partial charge in [0.15, 0.2) is 0 Å². The predicted molar refractivity (Wildman–Crippen MR) is 166 cm³/mol. The molecule has 38 heavy (non-hydrogen) atoms. The van der Waals surface area contributed by atoms with Crippen LogP contribution in [-0.2, 0) is 0 Å². The van der Waals surface area contributed by atoms with Crippen LogP contribution in [0.25, 0.3) is 51.6 Å². The van der Waals surface area contributed by atoms with Crippen LogP contribution < -0.4 is 4.90 Å². The molecule has 1 heterocycles. The molecule has 8 aromatic rings. The van der Waals surface area contributed by atoms with E-state index in [0.717, 1.165) is 5.69 Å². The molecule has 0 N–H and O–H groups in total. The van der Waals surface area contributed by atoms with E-state index in [4.69, 9.17) is 0 Å². The molecule has 0 atom stereocenters. The Morgan fingerprint density at radius 1 is 0.368 bits per heavy atom. The van der Waals surface area contributed by atoms with Gasteiger partial charge in [0.05, 0.1) is 0 Å². The maximum atomic E-state index is 2.40. The zero-order chi connectivity index (χ0) is 25.1. The average molecular weight is 549 g/mol. The fourth-order valence-corrected chi connectivity index (χ4v) is 8.34. The fourth-order valence-electron chi connectivity index (χ4n) is 5.78. The molecule has 0 saturated carbocycles. The Hall–Kier alpha value is -4.36. The molecule has 178 valence electrons. The number of hydrogen-bond donors (Lipinski definition) is 0. The summed E-state index contributed by atoms with van der Waals surface area (Å²) in [7, 11) is 0. The van der Waals surface area contributed by atoms with E-state index in [1.165, 1.54) is 63.0 Å². The molecule has 0 fully saturated rings. The Kier molecular flexibility index (Phi) is 4.91. The second kappa shape index (κ2) is 8.60. The first-order valence-electron chi connectivity index (χ1n) is 12.9. The van der Waals surface area contributed by atoms with Gasteiger partial charge in [-0.05, 0) is 0 Å². The fraction of sp³-hybridized carbons (Fsp3) is 0. The summed E-state index contributed by atoms with van der Waals surface area (Å²) >= 11 is 0.309. The SMILES string of the molecule is c1ccc(N(c2ccc3ccc4ccccc4c3c2)c2ccc3[se]c4c5ccccc5ccc4c3c2)cc1. The Morgan fingerprint density at radius 3 is 1.76 bits per heavy atom. The van der Waals surface area contributed by atoms with Gasteiger partial charge in [0, 0.05) is 0 Å². The third kappa shape index (κ3) is 3.39. The third-order valence-corrected chi connectivity index (χ3v) is 10.2. The summed E-state index contributed by atoms with van der Waals surface area (Å²) in [5, 5.41) is 10.6. The van der Waals surface area contributed by atoms with Crippen LogP contribution in [0.1, 0.15) is 0 Å². The van der Waals surface area contributed by atoms with Crippen LogP contribution in [0.2, 0.25) is 0 Å². The Balaban J connectivity index is 1.38. The van der Waals surface area contributed by atoms with Gasteiger partial charge in [-0.3, -0.25) is 0 Å². The molecular formula is C36H23NSe. The van der Waals surface area contributed by atoms with Gasteiger partial charge in [-0.25, -0.2) is 0 Å². The van der Waals surface area contributed by atoms with Gasteiger partial charge in [-0.2, -0.15) is 0 Å². The van der Waals surface area contributed by atoms with E-state index in [0.29, 0.717) is 14.5 Å². The van der Waals surface area contributed by atoms with Gasteiger partial charge in [-0.1, -0.05) is 0 Å². The summed E-state index contributed by atoms with van der Waals surface area (Å²) in [5.41, 5.74) is 3.52. The van der Waals surface area contributed by atoms with Crippen molar-refractivity contribution in [2.45, 2.75) is 0 Å². The minimum atomic E-state index is 0.309. The topological polar surface area (TPSA) is 3.24 Å². The van der Waals surface area contributed by atoms with Gasteiger partial charge < -0.3 is 0 Å². The summed E-state index contributed by atoms with van der Waals surface area (Å²) in [6.07, 6.45) is 0. The normalized spacial score (nSPS) is 11.7. The second-order valence-corrected chi connectivity index (χ2v) is 12.0. The first kappa shape index (κ1) is 21.7. The van der Waals surface area contributed by atoms with Gasteiger partial charge in [0.1, 0.15) is 0 Å². The summed E-state index contributed by atoms with van der Waals surface area (Å²) in [4.78, 5) is 2.40. The first-order chi connectivity index (χ1) is 18.8. The molecule has 0 aliphatic rings. The van der Waals surface area contributed by atoms with Crippen LogP contribution in [-0.4, -0.2) is 14.5 Å². The monoisotopic (exact) mass is 549 g/mol. The second-order valence-electron chi connectivity index (χ2n) is 9.81. The van der Waals surface area contributed by atoms with Crippen molar-refractivity contribution in [3.05, 3.63) is 140 Å². The average Bonchev–Trinajstić information content (AvgIpc) is 3.36. The van der Waals surface area contributed by atoms with E-state index in [2.05, 4.69) is 144 Å². The number of anilines is 3. The first-order valence-corrected chi connectivity index (χ1v) is 14.7. The van der Waals surface area contributed by atoms with Crippen molar-refractivity contribution in [2.24, 2.45) is 0 Å². The summed E-state index contributed by atoms with van der Waals surface area (Å²) in [6.45, 7) is 0. The quantitative estimate of drug-likeness (QED) is 0.157. The van der Waals surface area contributed by atoms with Crippen molar-refractivity contribution in [3.8, 4) is 0 Å². The molecule has 0 spiro atoms. The molecular weight excluding hydrogens is 525 g/mol. The van der Waals surface area contributed by atoms with Crippen LogP contribution in [0.3, 0.4) is 0 Å². The predicted octanol–water partition coefficient (Wildman–Crippen LogP) is 9.98. The Labute approximate surface area is 226 Å². The number of nitrogens with zero attached hydrogens (tertiary/aromatic N) is 1. The molecule has 8 rings (SSSR count). The van der Waals surface area contributed by atoms with Crippen molar-refractivity contribution >= 4 is 83.2 Å². The Morgan fingerprint density at radius 2 is 0.947 bits per heavy atom. The zero-order valence-electron chi connectivity index (χ0n) is 20.6. The standard InChI is InChI=1S/C36H23NSe/c1-2-10-27(11-3-1)37(28-18-16-26-15-14-24-8-4-6-12-30(24)33(26)22-28)29-19-21-35-34(23-29)32-20-17-25-9-5-7-13-31(25)36(32)38-35/h1-23H. The van der Waals surface area contributed by atoms with Gasteiger partial charge in [-0.15, -0.1) is 0 Å².